The molecule has 2 aliphatic rings. The van der Waals surface area contributed by atoms with Crippen LogP contribution in [0, 0.1) is 6.92 Å². The lowest BCUT2D eigenvalue weighted by atomic mass is 10.1. The molecule has 2 atom stereocenters. The number of benzene rings is 1. The van der Waals surface area contributed by atoms with Crippen molar-refractivity contribution < 1.29 is 14.3 Å². The van der Waals surface area contributed by atoms with Gasteiger partial charge < -0.3 is 9.64 Å². The highest BCUT2D eigenvalue weighted by molar-refractivity contribution is 7.11. The van der Waals surface area contributed by atoms with Gasteiger partial charge in [-0.15, -0.1) is 11.3 Å². The fraction of sp³-hybridized carbons (Fsp3) is 0.333. The number of hydrogen-bond acceptors (Lipinski definition) is 5. The third kappa shape index (κ3) is 3.15. The van der Waals surface area contributed by atoms with Gasteiger partial charge in [0, 0.05) is 23.0 Å². The van der Waals surface area contributed by atoms with Crippen molar-refractivity contribution >= 4 is 46.0 Å². The van der Waals surface area contributed by atoms with Crippen molar-refractivity contribution in [2.24, 2.45) is 0 Å². The fourth-order valence-corrected chi connectivity index (χ4v) is 4.80. The van der Waals surface area contributed by atoms with E-state index in [9.17, 15) is 9.59 Å². The SMILES string of the molecule is Cc1c(Cl)cccc1N1C(=O)C(c2cccs2)=C(N2CC(C)OC(C)C2)C1=O. The zero-order valence-corrected chi connectivity index (χ0v) is 17.5. The Labute approximate surface area is 173 Å². The Kier molecular flexibility index (Phi) is 5.04. The minimum absolute atomic E-state index is 0.0225. The molecule has 5 nitrogen and oxygen atoms in total. The first-order chi connectivity index (χ1) is 13.4. The smallest absolute Gasteiger partial charge is 0.282 e. The number of thiophene rings is 1. The highest BCUT2D eigenvalue weighted by atomic mass is 35.5. The number of carbonyl (C=O) groups is 2. The van der Waals surface area contributed by atoms with E-state index in [2.05, 4.69) is 0 Å². The second kappa shape index (κ2) is 7.35. The molecule has 1 fully saturated rings. The molecular formula is C21H21ClN2O3S. The molecular weight excluding hydrogens is 396 g/mol. The zero-order chi connectivity index (χ0) is 20.0. The fourth-order valence-electron chi connectivity index (χ4n) is 3.87. The van der Waals surface area contributed by atoms with Gasteiger partial charge in [-0.3, -0.25) is 9.59 Å². The lowest BCUT2D eigenvalue weighted by Gasteiger charge is -2.37. The first-order valence-electron chi connectivity index (χ1n) is 9.21. The third-order valence-corrected chi connectivity index (χ3v) is 6.34. The minimum Gasteiger partial charge on any atom is -0.372 e. The summed E-state index contributed by atoms with van der Waals surface area (Å²) in [6, 6.07) is 9.04. The highest BCUT2D eigenvalue weighted by Crippen LogP contribution is 2.39. The van der Waals surface area contributed by atoms with Crippen LogP contribution in [0.2, 0.25) is 5.02 Å². The predicted molar refractivity (Wildman–Crippen MR) is 112 cm³/mol. The molecule has 2 aliphatic heterocycles. The molecule has 2 aromatic rings. The first-order valence-corrected chi connectivity index (χ1v) is 10.5. The number of anilines is 1. The van der Waals surface area contributed by atoms with Gasteiger partial charge in [0.15, 0.2) is 0 Å². The third-order valence-electron chi connectivity index (χ3n) is 5.04. The van der Waals surface area contributed by atoms with E-state index in [1.165, 1.54) is 16.2 Å². The van der Waals surface area contributed by atoms with E-state index in [0.717, 1.165) is 4.88 Å². The first kappa shape index (κ1) is 19.2. The van der Waals surface area contributed by atoms with Crippen molar-refractivity contribution in [2.75, 3.05) is 18.0 Å². The molecule has 1 aromatic heterocycles. The second-order valence-corrected chi connectivity index (χ2v) is 8.55. The summed E-state index contributed by atoms with van der Waals surface area (Å²) in [6.07, 6.45) is -0.0450. The van der Waals surface area contributed by atoms with Gasteiger partial charge in [-0.2, -0.15) is 0 Å². The van der Waals surface area contributed by atoms with Crippen LogP contribution in [-0.4, -0.2) is 42.0 Å². The molecule has 0 radical (unpaired) electrons. The molecule has 3 heterocycles. The maximum Gasteiger partial charge on any atom is 0.282 e. The second-order valence-electron chi connectivity index (χ2n) is 7.19. The van der Waals surface area contributed by atoms with E-state index < -0.39 is 0 Å². The molecule has 0 aliphatic carbocycles. The highest BCUT2D eigenvalue weighted by Gasteiger charge is 2.44. The number of carbonyl (C=O) groups excluding carboxylic acids is 2. The van der Waals surface area contributed by atoms with Gasteiger partial charge in [0.25, 0.3) is 11.8 Å². The lowest BCUT2D eigenvalue weighted by molar-refractivity contribution is -0.121. The number of morpholine rings is 1. The van der Waals surface area contributed by atoms with E-state index in [0.29, 0.717) is 40.6 Å². The van der Waals surface area contributed by atoms with Crippen LogP contribution >= 0.6 is 22.9 Å². The van der Waals surface area contributed by atoms with Gasteiger partial charge in [-0.1, -0.05) is 23.7 Å². The molecule has 1 aromatic carbocycles. The van der Waals surface area contributed by atoms with E-state index in [1.807, 2.05) is 43.2 Å². The standard InChI is InChI=1S/C21H21ClN2O3S/c1-12-10-23(11-13(2)27-12)19-18(17-8-5-9-28-17)20(25)24(21(19)26)16-7-4-6-15(22)14(16)3/h4-9,12-13H,10-11H2,1-3H3. The molecule has 7 heteroatoms. The maximum atomic E-state index is 13.5. The summed E-state index contributed by atoms with van der Waals surface area (Å²) in [7, 11) is 0. The zero-order valence-electron chi connectivity index (χ0n) is 15.9. The van der Waals surface area contributed by atoms with Crippen molar-refractivity contribution in [2.45, 2.75) is 33.0 Å². The van der Waals surface area contributed by atoms with Crippen molar-refractivity contribution in [1.82, 2.24) is 4.90 Å². The summed E-state index contributed by atoms with van der Waals surface area (Å²) in [4.78, 5) is 31.0. The topological polar surface area (TPSA) is 49.9 Å². The van der Waals surface area contributed by atoms with E-state index in [4.69, 9.17) is 16.3 Å². The molecule has 0 N–H and O–H groups in total. The van der Waals surface area contributed by atoms with Crippen LogP contribution in [0.3, 0.4) is 0 Å². The average Bonchev–Trinajstić information content (AvgIpc) is 3.23. The van der Waals surface area contributed by atoms with Crippen molar-refractivity contribution in [3.63, 3.8) is 0 Å². The number of hydrogen-bond donors (Lipinski definition) is 0. The Morgan fingerprint density at radius 3 is 2.43 bits per heavy atom. The Bertz CT molecular complexity index is 960. The van der Waals surface area contributed by atoms with Gasteiger partial charge in [0.05, 0.1) is 23.5 Å². The summed E-state index contributed by atoms with van der Waals surface area (Å²) in [5, 5.41) is 2.44. The number of ether oxygens (including phenoxy) is 1. The van der Waals surface area contributed by atoms with Gasteiger partial charge in [-0.05, 0) is 49.9 Å². The molecule has 28 heavy (non-hydrogen) atoms. The number of imide groups is 1. The van der Waals surface area contributed by atoms with Crippen LogP contribution in [0.5, 0.6) is 0 Å². The molecule has 0 bridgehead atoms. The van der Waals surface area contributed by atoms with E-state index in [-0.39, 0.29) is 24.0 Å². The van der Waals surface area contributed by atoms with Crippen molar-refractivity contribution in [1.29, 1.82) is 0 Å². The lowest BCUT2D eigenvalue weighted by Crippen LogP contribution is -2.47. The van der Waals surface area contributed by atoms with E-state index >= 15 is 0 Å². The van der Waals surface area contributed by atoms with Crippen molar-refractivity contribution in [3.05, 3.63) is 56.9 Å². The quantitative estimate of drug-likeness (QED) is 0.707. The molecule has 4 rings (SSSR count). The van der Waals surface area contributed by atoms with Crippen LogP contribution in [0.4, 0.5) is 5.69 Å². The van der Waals surface area contributed by atoms with Crippen LogP contribution in [-0.2, 0) is 14.3 Å². The Balaban J connectivity index is 1.84. The molecule has 0 saturated carbocycles. The van der Waals surface area contributed by atoms with E-state index in [1.54, 1.807) is 18.2 Å². The predicted octanol–water partition coefficient (Wildman–Crippen LogP) is 4.10. The molecule has 0 spiro atoms. The number of nitrogens with zero attached hydrogens (tertiary/aromatic N) is 2. The van der Waals surface area contributed by atoms with Crippen molar-refractivity contribution in [3.8, 4) is 0 Å². The summed E-state index contributed by atoms with van der Waals surface area (Å²) < 4.78 is 5.82. The largest absolute Gasteiger partial charge is 0.372 e. The van der Waals surface area contributed by atoms with Crippen LogP contribution in [0.25, 0.3) is 5.57 Å². The van der Waals surface area contributed by atoms with Gasteiger partial charge in [0.2, 0.25) is 0 Å². The average molecular weight is 417 g/mol. The molecule has 2 amide bonds. The van der Waals surface area contributed by atoms with Crippen LogP contribution in [0.15, 0.2) is 41.4 Å². The summed E-state index contributed by atoms with van der Waals surface area (Å²) in [6.45, 7) is 6.91. The molecule has 1 saturated heterocycles. The normalized spacial score (nSPS) is 23.1. The number of amides is 2. The summed E-state index contributed by atoms with van der Waals surface area (Å²) >= 11 is 7.72. The maximum absolute atomic E-state index is 13.5. The van der Waals surface area contributed by atoms with Crippen LogP contribution < -0.4 is 4.90 Å². The minimum atomic E-state index is -0.306. The Morgan fingerprint density at radius 2 is 1.79 bits per heavy atom. The number of halogens is 1. The molecule has 2 unspecified atom stereocenters. The Morgan fingerprint density at radius 1 is 1.07 bits per heavy atom. The summed E-state index contributed by atoms with van der Waals surface area (Å²) in [5.74, 6) is -0.611. The van der Waals surface area contributed by atoms with Gasteiger partial charge in [-0.25, -0.2) is 4.90 Å². The van der Waals surface area contributed by atoms with Gasteiger partial charge >= 0.3 is 0 Å². The van der Waals surface area contributed by atoms with Gasteiger partial charge in [0.1, 0.15) is 5.70 Å². The van der Waals surface area contributed by atoms with Crippen LogP contribution in [0.1, 0.15) is 24.3 Å². The number of rotatable bonds is 3. The summed E-state index contributed by atoms with van der Waals surface area (Å²) in [5.41, 5.74) is 2.15. The molecule has 146 valence electrons. The Hall–Kier alpha value is -2.15. The monoisotopic (exact) mass is 416 g/mol.